The molecule has 2 nitrogen and oxygen atoms in total. The molecule has 3 heteroatoms. The lowest BCUT2D eigenvalue weighted by Crippen LogP contribution is -2.48. The minimum absolute atomic E-state index is 0.0478. The molecule has 104 valence electrons. The Kier molecular flexibility index (Phi) is 4.51. The number of rotatable bonds is 4. The summed E-state index contributed by atoms with van der Waals surface area (Å²) in [5, 5.41) is 3.16. The largest absolute Gasteiger partial charge is 0.349 e. The predicted octanol–water partition coefficient (Wildman–Crippen LogP) is 3.51. The van der Waals surface area contributed by atoms with E-state index in [4.69, 9.17) is 11.6 Å². The molecule has 1 aromatic rings. The standard InChI is InChI=1S/C16H22ClNO/c1-12-5-6-14(13(2)9-12)10-16(7-3-4-8-16)18-15(19)11-17/h5-6,9H,3-4,7-8,10-11H2,1-2H3,(H,18,19). The maximum atomic E-state index is 11.7. The molecule has 0 saturated heterocycles. The first kappa shape index (κ1) is 14.4. The Labute approximate surface area is 120 Å². The van der Waals surface area contributed by atoms with Crippen molar-refractivity contribution in [3.8, 4) is 0 Å². The van der Waals surface area contributed by atoms with Gasteiger partial charge in [0.25, 0.3) is 0 Å². The van der Waals surface area contributed by atoms with Crippen LogP contribution in [0.2, 0.25) is 0 Å². The molecule has 1 aliphatic carbocycles. The van der Waals surface area contributed by atoms with Gasteiger partial charge in [-0.2, -0.15) is 0 Å². The first-order valence-electron chi connectivity index (χ1n) is 6.98. The number of carbonyl (C=O) groups excluding carboxylic acids is 1. The molecule has 1 amide bonds. The lowest BCUT2D eigenvalue weighted by atomic mass is 9.87. The summed E-state index contributed by atoms with van der Waals surface area (Å²) in [6, 6.07) is 6.55. The number of nitrogens with one attached hydrogen (secondary N) is 1. The van der Waals surface area contributed by atoms with Gasteiger partial charge in [-0.25, -0.2) is 0 Å². The van der Waals surface area contributed by atoms with E-state index in [2.05, 4.69) is 37.4 Å². The van der Waals surface area contributed by atoms with E-state index in [1.54, 1.807) is 0 Å². The first-order chi connectivity index (χ1) is 9.04. The van der Waals surface area contributed by atoms with Crippen LogP contribution in [0, 0.1) is 13.8 Å². The third kappa shape index (κ3) is 3.50. The predicted molar refractivity (Wildman–Crippen MR) is 79.7 cm³/mol. The lowest BCUT2D eigenvalue weighted by Gasteiger charge is -2.31. The molecule has 2 rings (SSSR count). The molecule has 1 aliphatic rings. The van der Waals surface area contributed by atoms with Crippen LogP contribution in [0.1, 0.15) is 42.4 Å². The van der Waals surface area contributed by atoms with Crippen molar-refractivity contribution < 1.29 is 4.79 Å². The maximum Gasteiger partial charge on any atom is 0.235 e. The Bertz CT molecular complexity index is 464. The third-order valence-corrected chi connectivity index (χ3v) is 4.36. The Balaban J connectivity index is 2.18. The molecule has 0 aromatic heterocycles. The zero-order valence-electron chi connectivity index (χ0n) is 11.8. The van der Waals surface area contributed by atoms with Crippen LogP contribution < -0.4 is 5.32 Å². The van der Waals surface area contributed by atoms with E-state index in [0.717, 1.165) is 19.3 Å². The van der Waals surface area contributed by atoms with Crippen molar-refractivity contribution >= 4 is 17.5 Å². The summed E-state index contributed by atoms with van der Waals surface area (Å²) < 4.78 is 0. The van der Waals surface area contributed by atoms with Gasteiger partial charge in [0.1, 0.15) is 5.88 Å². The molecule has 0 atom stereocenters. The Morgan fingerprint density at radius 1 is 1.32 bits per heavy atom. The van der Waals surface area contributed by atoms with E-state index in [-0.39, 0.29) is 17.3 Å². The second kappa shape index (κ2) is 5.96. The summed E-state index contributed by atoms with van der Waals surface area (Å²) in [5.41, 5.74) is 3.85. The average Bonchev–Trinajstić information content (AvgIpc) is 2.81. The topological polar surface area (TPSA) is 29.1 Å². The fraction of sp³-hybridized carbons (Fsp3) is 0.562. The number of carbonyl (C=O) groups is 1. The number of aryl methyl sites for hydroxylation is 2. The molecule has 0 spiro atoms. The Morgan fingerprint density at radius 3 is 2.58 bits per heavy atom. The summed E-state index contributed by atoms with van der Waals surface area (Å²) in [4.78, 5) is 11.7. The number of halogens is 1. The van der Waals surface area contributed by atoms with Gasteiger partial charge in [0.05, 0.1) is 0 Å². The van der Waals surface area contributed by atoms with Crippen molar-refractivity contribution in [2.24, 2.45) is 0 Å². The van der Waals surface area contributed by atoms with Gasteiger partial charge in [-0.1, -0.05) is 36.6 Å². The summed E-state index contributed by atoms with van der Waals surface area (Å²) in [6.07, 6.45) is 5.41. The van der Waals surface area contributed by atoms with Gasteiger partial charge in [0, 0.05) is 5.54 Å². The number of alkyl halides is 1. The molecule has 0 heterocycles. The van der Waals surface area contributed by atoms with Gasteiger partial charge >= 0.3 is 0 Å². The van der Waals surface area contributed by atoms with Gasteiger partial charge in [-0.05, 0) is 44.2 Å². The number of amides is 1. The van der Waals surface area contributed by atoms with Crippen LogP contribution in [0.15, 0.2) is 18.2 Å². The van der Waals surface area contributed by atoms with E-state index in [1.165, 1.54) is 29.5 Å². The van der Waals surface area contributed by atoms with Gasteiger partial charge in [0.15, 0.2) is 0 Å². The highest BCUT2D eigenvalue weighted by atomic mass is 35.5. The molecule has 0 radical (unpaired) electrons. The monoisotopic (exact) mass is 279 g/mol. The van der Waals surface area contributed by atoms with Crippen LogP contribution in [-0.4, -0.2) is 17.3 Å². The highest BCUT2D eigenvalue weighted by molar-refractivity contribution is 6.27. The van der Waals surface area contributed by atoms with E-state index < -0.39 is 0 Å². The maximum absolute atomic E-state index is 11.7. The molecular weight excluding hydrogens is 258 g/mol. The summed E-state index contributed by atoms with van der Waals surface area (Å²) in [6.45, 7) is 4.26. The van der Waals surface area contributed by atoms with Gasteiger partial charge in [0.2, 0.25) is 5.91 Å². The van der Waals surface area contributed by atoms with Gasteiger partial charge in [-0.3, -0.25) is 4.79 Å². The number of hydrogen-bond acceptors (Lipinski definition) is 1. The molecule has 1 fully saturated rings. The van der Waals surface area contributed by atoms with Gasteiger partial charge in [-0.15, -0.1) is 11.6 Å². The molecule has 0 bridgehead atoms. The molecule has 1 N–H and O–H groups in total. The lowest BCUT2D eigenvalue weighted by molar-refractivity contribution is -0.120. The summed E-state index contributed by atoms with van der Waals surface area (Å²) >= 11 is 5.64. The number of hydrogen-bond donors (Lipinski definition) is 1. The second-order valence-corrected chi connectivity index (χ2v) is 6.04. The van der Waals surface area contributed by atoms with E-state index in [1.807, 2.05) is 0 Å². The van der Waals surface area contributed by atoms with Crippen molar-refractivity contribution in [3.63, 3.8) is 0 Å². The van der Waals surface area contributed by atoms with Crippen LogP contribution in [0.4, 0.5) is 0 Å². The highest BCUT2D eigenvalue weighted by Crippen LogP contribution is 2.33. The smallest absolute Gasteiger partial charge is 0.235 e. The average molecular weight is 280 g/mol. The third-order valence-electron chi connectivity index (χ3n) is 4.11. The fourth-order valence-corrected chi connectivity index (χ4v) is 3.20. The van der Waals surface area contributed by atoms with E-state index >= 15 is 0 Å². The van der Waals surface area contributed by atoms with Gasteiger partial charge < -0.3 is 5.32 Å². The molecule has 19 heavy (non-hydrogen) atoms. The normalized spacial score (nSPS) is 17.4. The fourth-order valence-electron chi connectivity index (χ4n) is 3.14. The summed E-state index contributed by atoms with van der Waals surface area (Å²) in [7, 11) is 0. The van der Waals surface area contributed by atoms with Crippen molar-refractivity contribution in [2.45, 2.75) is 51.5 Å². The molecule has 0 unspecified atom stereocenters. The van der Waals surface area contributed by atoms with Crippen molar-refractivity contribution in [2.75, 3.05) is 5.88 Å². The quantitative estimate of drug-likeness (QED) is 0.840. The van der Waals surface area contributed by atoms with Crippen LogP contribution in [0.5, 0.6) is 0 Å². The van der Waals surface area contributed by atoms with Crippen LogP contribution in [-0.2, 0) is 11.2 Å². The minimum atomic E-state index is -0.0774. The molecule has 0 aliphatic heterocycles. The van der Waals surface area contributed by atoms with Crippen molar-refractivity contribution in [3.05, 3.63) is 34.9 Å². The van der Waals surface area contributed by atoms with Crippen LogP contribution in [0.3, 0.4) is 0 Å². The molecule has 1 saturated carbocycles. The molecule has 1 aromatic carbocycles. The highest BCUT2D eigenvalue weighted by Gasteiger charge is 2.35. The van der Waals surface area contributed by atoms with Crippen molar-refractivity contribution in [1.82, 2.24) is 5.32 Å². The van der Waals surface area contributed by atoms with Crippen LogP contribution >= 0.6 is 11.6 Å². The van der Waals surface area contributed by atoms with E-state index in [0.29, 0.717) is 0 Å². The first-order valence-corrected chi connectivity index (χ1v) is 7.51. The zero-order chi connectivity index (χ0) is 13.9. The SMILES string of the molecule is Cc1ccc(CC2(NC(=O)CCl)CCCC2)c(C)c1. The Hall–Kier alpha value is -1.02. The second-order valence-electron chi connectivity index (χ2n) is 5.78. The summed E-state index contributed by atoms with van der Waals surface area (Å²) in [5.74, 6) is 0.00239. The minimum Gasteiger partial charge on any atom is -0.349 e. The van der Waals surface area contributed by atoms with E-state index in [9.17, 15) is 4.79 Å². The Morgan fingerprint density at radius 2 is 2.00 bits per heavy atom. The number of benzene rings is 1. The van der Waals surface area contributed by atoms with Crippen molar-refractivity contribution in [1.29, 1.82) is 0 Å². The van der Waals surface area contributed by atoms with Crippen LogP contribution in [0.25, 0.3) is 0 Å². The zero-order valence-corrected chi connectivity index (χ0v) is 12.5. The molecular formula is C16H22ClNO.